The molecule has 0 radical (unpaired) electrons. The van der Waals surface area contributed by atoms with E-state index in [-0.39, 0.29) is 0 Å². The number of ether oxygens (including phenoxy) is 1. The normalized spacial score (nSPS) is 11.4. The van der Waals surface area contributed by atoms with Crippen LogP contribution >= 0.6 is 0 Å². The highest BCUT2D eigenvalue weighted by Gasteiger charge is 2.24. The van der Waals surface area contributed by atoms with Crippen LogP contribution < -0.4 is 9.64 Å². The van der Waals surface area contributed by atoms with Gasteiger partial charge in [-0.1, -0.05) is 312 Å². The molecule has 0 aliphatic carbocycles. The van der Waals surface area contributed by atoms with Gasteiger partial charge in [-0.2, -0.15) is 19.9 Å². The zero-order chi connectivity index (χ0) is 83.0. The lowest BCUT2D eigenvalue weighted by atomic mass is 9.97. The zero-order valence-electron chi connectivity index (χ0n) is 69.6. The van der Waals surface area contributed by atoms with Gasteiger partial charge in [0.15, 0.2) is 0 Å². The maximum Gasteiger partial charge on any atom is 0.306 e. The maximum absolute atomic E-state index is 5.93. The number of hydrogen-bond donors (Lipinski definition) is 0. The van der Waals surface area contributed by atoms with Crippen LogP contribution in [-0.2, 0) is 0 Å². The molecule has 20 aromatic rings. The number of aromatic nitrogens is 8. The van der Waals surface area contributed by atoms with Crippen molar-refractivity contribution in [3.8, 4) is 113 Å². The first-order valence-electron chi connectivity index (χ1n) is 41.5. The monoisotopic (exact) mass is 1590 g/mol. The third-order valence-electron chi connectivity index (χ3n) is 22.1. The van der Waals surface area contributed by atoms with E-state index in [9.17, 15) is 0 Å². The van der Waals surface area contributed by atoms with Gasteiger partial charge in [-0.3, -0.25) is 17.6 Å². The Hall–Kier alpha value is -14.8. The molecule has 20 rings (SSSR count). The summed E-state index contributed by atoms with van der Waals surface area (Å²) in [5, 5.41) is 0. The minimum atomic E-state index is 0.488. The lowest BCUT2D eigenvalue weighted by Crippen LogP contribution is -2.09. The predicted octanol–water partition coefficient (Wildman–Crippen LogP) is 29.6. The van der Waals surface area contributed by atoms with Gasteiger partial charge in [0.25, 0.3) is 0 Å². The fraction of sp³-hybridized carbons (Fsp3) is 0.140. The van der Waals surface area contributed by atoms with E-state index < -0.39 is 0 Å². The SMILES string of the molecule is CC(C)c1ccc(-c2nc3occn3c2-c2ccc(-c3ccccc3)cc2)cc1.CC(C)c1ccc(-c2nc3occn3c2-c2ccc(C(C)C)cc2)cc1.CC(C)c1ccc(-c2nc3occn3c2-c2ccc(N(c3ccccc3)c3ccccc3)cc2)cc1.CC(C)c1ccc(-c2nc3occn3c2-c2ccc(Oc3ccccc3)cc2)cc1. The van der Waals surface area contributed by atoms with Crippen molar-refractivity contribution in [1.82, 2.24) is 37.5 Å². The van der Waals surface area contributed by atoms with Crippen molar-refractivity contribution in [2.24, 2.45) is 0 Å². The lowest BCUT2D eigenvalue weighted by molar-refractivity contribution is 0.483. The highest BCUT2D eigenvalue weighted by Crippen LogP contribution is 2.42. The smallest absolute Gasteiger partial charge is 0.306 e. The summed E-state index contributed by atoms with van der Waals surface area (Å²) in [6, 6.07) is 110. The average Bonchev–Trinajstić information content (AvgIpc) is 1.63. The van der Waals surface area contributed by atoms with E-state index in [0.717, 1.165) is 119 Å². The van der Waals surface area contributed by atoms with Gasteiger partial charge in [-0.25, -0.2) is 0 Å². The lowest BCUT2D eigenvalue weighted by Gasteiger charge is -2.25. The number of rotatable bonds is 19. The minimum absolute atomic E-state index is 0.488. The second-order valence-corrected chi connectivity index (χ2v) is 31.8. The number of benzene rings is 12. The number of oxazole rings is 4. The Labute approximate surface area is 705 Å². The quantitative estimate of drug-likeness (QED) is 0.0770. The van der Waals surface area contributed by atoms with Gasteiger partial charge < -0.3 is 27.3 Å². The molecule has 14 nitrogen and oxygen atoms in total. The van der Waals surface area contributed by atoms with Gasteiger partial charge in [0.1, 0.15) is 59.3 Å². The summed E-state index contributed by atoms with van der Waals surface area (Å²) in [5.74, 6) is 6.54. The van der Waals surface area contributed by atoms with Crippen LogP contribution in [0.25, 0.3) is 125 Å². The van der Waals surface area contributed by atoms with Crippen LogP contribution in [0.5, 0.6) is 11.5 Å². The van der Waals surface area contributed by atoms with Crippen LogP contribution in [0.1, 0.15) is 127 Å². The summed E-state index contributed by atoms with van der Waals surface area (Å²) in [6.45, 7) is 22.1. The Kier molecular flexibility index (Phi) is 22.9. The van der Waals surface area contributed by atoms with Crippen molar-refractivity contribution in [3.05, 3.63) is 393 Å². The molecular weight excluding hydrogens is 1490 g/mol. The molecule has 0 spiro atoms. The molecule has 0 atom stereocenters. The molecule has 598 valence electrons. The molecule has 0 N–H and O–H groups in total. The van der Waals surface area contributed by atoms with E-state index >= 15 is 0 Å². The highest BCUT2D eigenvalue weighted by atomic mass is 16.5. The van der Waals surface area contributed by atoms with Gasteiger partial charge in [-0.15, -0.1) is 0 Å². The molecule has 8 heterocycles. The van der Waals surface area contributed by atoms with Gasteiger partial charge in [-0.05, 0) is 141 Å². The Bertz CT molecular complexity index is 6710. The third kappa shape index (κ3) is 17.0. The molecule has 0 unspecified atom stereocenters. The van der Waals surface area contributed by atoms with E-state index in [1.54, 1.807) is 25.1 Å². The fourth-order valence-corrected chi connectivity index (χ4v) is 15.3. The standard InChI is InChI=1S/C32H27N3O.C26H22N2O2.C26H22N2O.C23H24N2O/c1-23(2)24-13-15-25(16-14-24)30-31(34-21-22-36-32(34)33-30)26-17-19-29(20-18-26)35(27-9-5-3-6-10-27)28-11-7-4-8-12-28;1-18(2)19-8-10-20(11-9-19)24-25(28-16-17-29-26(28)27-24)21-12-14-23(15-13-21)30-22-6-4-3-5-7-22;1-18(2)19-8-12-22(13-9-19)24-25(28-16-17-29-26(28)27-24)23-14-10-21(11-15-23)20-6-4-3-5-7-20;1-15(2)17-5-9-19(10-6-17)21-22(25-13-14-26-23(25)24-21)20-11-7-18(8-12-20)16(3)4/h3-23H,1-2H3;3-18H,1-2H3;3-18H,1-2H3;5-16H,1-4H3. The first-order chi connectivity index (χ1) is 59.1. The average molecular weight is 1590 g/mol. The van der Waals surface area contributed by atoms with E-state index in [0.29, 0.717) is 53.0 Å². The summed E-state index contributed by atoms with van der Waals surface area (Å²) in [7, 11) is 0. The van der Waals surface area contributed by atoms with Crippen molar-refractivity contribution in [3.63, 3.8) is 0 Å². The molecule has 0 amide bonds. The Morgan fingerprint density at radius 2 is 0.438 bits per heavy atom. The molecule has 0 aliphatic heterocycles. The van der Waals surface area contributed by atoms with Crippen LogP contribution in [-0.4, -0.2) is 37.5 Å². The number of hydrogen-bond acceptors (Lipinski definition) is 10. The largest absolute Gasteiger partial charge is 0.457 e. The first-order valence-corrected chi connectivity index (χ1v) is 41.5. The Balaban J connectivity index is 0.000000116. The van der Waals surface area contributed by atoms with Gasteiger partial charge in [0.2, 0.25) is 0 Å². The first kappa shape index (κ1) is 78.7. The zero-order valence-corrected chi connectivity index (χ0v) is 69.6. The van der Waals surface area contributed by atoms with Gasteiger partial charge >= 0.3 is 23.4 Å². The minimum Gasteiger partial charge on any atom is -0.457 e. The summed E-state index contributed by atoms with van der Waals surface area (Å²) < 4.78 is 36.4. The van der Waals surface area contributed by atoms with Gasteiger partial charge in [0, 0.05) is 86.4 Å². The molecule has 14 heteroatoms. The highest BCUT2D eigenvalue weighted by molar-refractivity contribution is 5.87. The molecule has 8 aromatic heterocycles. The summed E-state index contributed by atoms with van der Waals surface area (Å²) in [6.07, 6.45) is 14.4. The van der Waals surface area contributed by atoms with Gasteiger partial charge in [0.05, 0.1) is 22.8 Å². The topological polar surface area (TPSA) is 134 Å². The van der Waals surface area contributed by atoms with Crippen LogP contribution in [0.15, 0.2) is 383 Å². The molecule has 0 saturated carbocycles. The van der Waals surface area contributed by atoms with Crippen LogP contribution in [0.4, 0.5) is 17.1 Å². The van der Waals surface area contributed by atoms with E-state index in [4.69, 9.17) is 42.3 Å². The van der Waals surface area contributed by atoms with E-state index in [1.807, 2.05) is 103 Å². The van der Waals surface area contributed by atoms with E-state index in [2.05, 4.69) is 329 Å². The third-order valence-corrected chi connectivity index (χ3v) is 22.1. The molecule has 121 heavy (non-hydrogen) atoms. The molecular formula is C107H95N9O5. The number of imidazole rings is 4. The van der Waals surface area contributed by atoms with Crippen LogP contribution in [0, 0.1) is 0 Å². The maximum atomic E-state index is 5.93. The summed E-state index contributed by atoms with van der Waals surface area (Å²) in [5.41, 5.74) is 28.9. The van der Waals surface area contributed by atoms with Crippen molar-refractivity contribution < 1.29 is 22.4 Å². The fourth-order valence-electron chi connectivity index (χ4n) is 15.3. The Morgan fingerprint density at radius 1 is 0.223 bits per heavy atom. The van der Waals surface area contributed by atoms with Crippen molar-refractivity contribution >= 4 is 40.4 Å². The summed E-state index contributed by atoms with van der Waals surface area (Å²) in [4.78, 5) is 21.4. The number of para-hydroxylation sites is 3. The second-order valence-electron chi connectivity index (χ2n) is 31.8. The number of fused-ring (bicyclic) bond motifs is 4. The summed E-state index contributed by atoms with van der Waals surface area (Å²) >= 11 is 0. The second kappa shape index (κ2) is 35.2. The van der Waals surface area contributed by atoms with Crippen LogP contribution in [0.3, 0.4) is 0 Å². The van der Waals surface area contributed by atoms with Crippen molar-refractivity contribution in [2.75, 3.05) is 4.90 Å². The van der Waals surface area contributed by atoms with Crippen molar-refractivity contribution in [2.45, 2.75) is 98.8 Å². The van der Waals surface area contributed by atoms with E-state index in [1.165, 1.54) is 38.9 Å². The predicted molar refractivity (Wildman–Crippen MR) is 490 cm³/mol. The number of nitrogens with zero attached hydrogens (tertiary/aromatic N) is 9. The van der Waals surface area contributed by atoms with Crippen LogP contribution in [0.2, 0.25) is 0 Å². The molecule has 0 bridgehead atoms. The molecule has 0 saturated heterocycles. The molecule has 12 aromatic carbocycles. The van der Waals surface area contributed by atoms with Crippen molar-refractivity contribution in [1.29, 1.82) is 0 Å². The Morgan fingerprint density at radius 3 is 0.727 bits per heavy atom. The molecule has 0 aliphatic rings. The number of anilines is 3. The molecule has 0 fully saturated rings.